The first-order valence-corrected chi connectivity index (χ1v) is 8.56. The van der Waals surface area contributed by atoms with Gasteiger partial charge in [-0.05, 0) is 36.2 Å². The van der Waals surface area contributed by atoms with Crippen LogP contribution < -0.4 is 15.4 Å². The number of nitrogens with one attached hydrogen (secondary N) is 2. The molecule has 0 heterocycles. The Labute approximate surface area is 157 Å². The molecule has 2 rings (SSSR count). The Morgan fingerprint density at radius 3 is 2.52 bits per heavy atom. The Morgan fingerprint density at radius 2 is 1.78 bits per heavy atom. The van der Waals surface area contributed by atoms with Crippen LogP contribution in [0.4, 0.5) is 0 Å². The molecule has 0 aliphatic heterocycles. The number of ether oxygens (including phenoxy) is 1. The highest BCUT2D eigenvalue weighted by Gasteiger charge is 2.12. The quantitative estimate of drug-likeness (QED) is 0.624. The molecule has 0 fully saturated rings. The maximum atomic E-state index is 12.1. The first-order valence-electron chi connectivity index (χ1n) is 8.56. The van der Waals surface area contributed by atoms with E-state index in [9.17, 15) is 14.4 Å². The minimum absolute atomic E-state index is 0.0180. The zero-order chi connectivity index (χ0) is 19.6. The van der Waals surface area contributed by atoms with Gasteiger partial charge in [0.05, 0.1) is 12.0 Å². The maximum Gasteiger partial charge on any atom is 0.335 e. The summed E-state index contributed by atoms with van der Waals surface area (Å²) >= 11 is 0. The molecule has 7 heteroatoms. The molecule has 0 radical (unpaired) electrons. The Morgan fingerprint density at radius 1 is 1.00 bits per heavy atom. The number of amides is 2. The predicted molar refractivity (Wildman–Crippen MR) is 99.6 cm³/mol. The third-order valence-corrected chi connectivity index (χ3v) is 3.73. The van der Waals surface area contributed by atoms with Crippen molar-refractivity contribution >= 4 is 17.8 Å². The lowest BCUT2D eigenvalue weighted by atomic mass is 10.0. The van der Waals surface area contributed by atoms with Gasteiger partial charge in [-0.1, -0.05) is 30.3 Å². The highest BCUT2D eigenvalue weighted by molar-refractivity contribution is 5.91. The molecule has 2 aromatic rings. The first-order chi connectivity index (χ1) is 13.0. The van der Waals surface area contributed by atoms with Crippen molar-refractivity contribution in [2.24, 2.45) is 0 Å². The molecule has 0 saturated heterocycles. The summed E-state index contributed by atoms with van der Waals surface area (Å²) in [7, 11) is 0. The van der Waals surface area contributed by atoms with E-state index in [0.717, 1.165) is 5.56 Å². The van der Waals surface area contributed by atoms with Crippen LogP contribution in [0.15, 0.2) is 48.5 Å². The highest BCUT2D eigenvalue weighted by Crippen LogP contribution is 2.14. The maximum absolute atomic E-state index is 12.1. The second-order valence-electron chi connectivity index (χ2n) is 5.81. The Kier molecular flexibility index (Phi) is 7.37. The summed E-state index contributed by atoms with van der Waals surface area (Å²) in [6, 6.07) is 13.5. The lowest BCUT2D eigenvalue weighted by Gasteiger charge is -2.10. The fraction of sp³-hybridized carbons (Fsp3) is 0.250. The molecule has 0 spiro atoms. The number of carboxylic acids is 1. The second-order valence-corrected chi connectivity index (χ2v) is 5.81. The number of hydrogen-bond acceptors (Lipinski definition) is 4. The molecule has 3 N–H and O–H groups in total. The van der Waals surface area contributed by atoms with E-state index < -0.39 is 5.97 Å². The van der Waals surface area contributed by atoms with E-state index >= 15 is 0 Å². The number of likely N-dealkylation sites (N-methyl/N-ethyl adjacent to an activating group) is 1. The topological polar surface area (TPSA) is 105 Å². The van der Waals surface area contributed by atoms with E-state index in [1.54, 1.807) is 36.4 Å². The van der Waals surface area contributed by atoms with E-state index in [1.165, 1.54) is 6.07 Å². The monoisotopic (exact) mass is 370 g/mol. The summed E-state index contributed by atoms with van der Waals surface area (Å²) in [4.78, 5) is 34.8. The number of hydrogen-bond donors (Lipinski definition) is 3. The molecule has 0 aromatic heterocycles. The summed E-state index contributed by atoms with van der Waals surface area (Å²) in [5, 5.41) is 14.6. The average Bonchev–Trinajstić information content (AvgIpc) is 2.65. The van der Waals surface area contributed by atoms with Crippen LogP contribution in [0.3, 0.4) is 0 Å². The van der Waals surface area contributed by atoms with Crippen LogP contribution in [0.25, 0.3) is 0 Å². The molecule has 0 bridgehead atoms. The molecule has 7 nitrogen and oxygen atoms in total. The molecule has 0 atom stereocenters. The van der Waals surface area contributed by atoms with E-state index in [0.29, 0.717) is 17.9 Å². The fourth-order valence-electron chi connectivity index (χ4n) is 2.46. The van der Waals surface area contributed by atoms with Gasteiger partial charge in [-0.25, -0.2) is 4.79 Å². The van der Waals surface area contributed by atoms with Crippen molar-refractivity contribution < 1.29 is 24.2 Å². The zero-order valence-corrected chi connectivity index (χ0v) is 15.0. The number of aromatic carboxylic acids is 1. The summed E-state index contributed by atoms with van der Waals surface area (Å²) in [5.41, 5.74) is 1.39. The van der Waals surface area contributed by atoms with E-state index in [2.05, 4.69) is 10.6 Å². The molecule has 2 aromatic carbocycles. The third-order valence-electron chi connectivity index (χ3n) is 3.73. The van der Waals surface area contributed by atoms with Gasteiger partial charge in [0, 0.05) is 13.1 Å². The summed E-state index contributed by atoms with van der Waals surface area (Å²) in [5.74, 6) is -1.01. The van der Waals surface area contributed by atoms with Crippen molar-refractivity contribution in [3.05, 3.63) is 65.2 Å². The van der Waals surface area contributed by atoms with Crippen molar-refractivity contribution in [2.75, 3.05) is 13.2 Å². The lowest BCUT2D eigenvalue weighted by Crippen LogP contribution is -2.28. The van der Waals surface area contributed by atoms with Crippen molar-refractivity contribution in [2.45, 2.75) is 19.9 Å². The van der Waals surface area contributed by atoms with Crippen molar-refractivity contribution in [1.82, 2.24) is 10.6 Å². The third kappa shape index (κ3) is 6.47. The van der Waals surface area contributed by atoms with E-state index in [-0.39, 0.29) is 37.0 Å². The molecule has 2 amide bonds. The van der Waals surface area contributed by atoms with Crippen molar-refractivity contribution in [3.63, 3.8) is 0 Å². The van der Waals surface area contributed by atoms with Gasteiger partial charge in [-0.15, -0.1) is 0 Å². The molecular formula is C20H22N2O5. The normalized spacial score (nSPS) is 10.1. The van der Waals surface area contributed by atoms with Gasteiger partial charge < -0.3 is 20.5 Å². The fourth-order valence-corrected chi connectivity index (χ4v) is 2.46. The lowest BCUT2D eigenvalue weighted by molar-refractivity contribution is -0.123. The van der Waals surface area contributed by atoms with Gasteiger partial charge in [0.25, 0.3) is 5.91 Å². The van der Waals surface area contributed by atoms with E-state index in [1.807, 2.05) is 13.0 Å². The van der Waals surface area contributed by atoms with E-state index in [4.69, 9.17) is 9.84 Å². The number of rotatable bonds is 9. The molecule has 27 heavy (non-hydrogen) atoms. The molecule has 0 aliphatic carbocycles. The minimum Gasteiger partial charge on any atom is -0.484 e. The zero-order valence-electron chi connectivity index (χ0n) is 15.0. The first kappa shape index (κ1) is 20.0. The molecule has 0 unspecified atom stereocenters. The van der Waals surface area contributed by atoms with Gasteiger partial charge in [-0.3, -0.25) is 9.59 Å². The van der Waals surface area contributed by atoms with Crippen LogP contribution in [0.2, 0.25) is 0 Å². The van der Waals surface area contributed by atoms with Gasteiger partial charge >= 0.3 is 5.97 Å². The second kappa shape index (κ2) is 9.96. The van der Waals surface area contributed by atoms with Crippen LogP contribution in [-0.2, 0) is 22.6 Å². The smallest absolute Gasteiger partial charge is 0.335 e. The summed E-state index contributed by atoms with van der Waals surface area (Å²) in [6.45, 7) is 2.57. The highest BCUT2D eigenvalue weighted by atomic mass is 16.5. The largest absolute Gasteiger partial charge is 0.484 e. The predicted octanol–water partition coefficient (Wildman–Crippen LogP) is 1.76. The number of carboxylic acid groups (broad SMARTS) is 1. The SMILES string of the molecule is CCNC(=O)COc1cccc(CNC(=O)Cc2ccccc2C(=O)O)c1. The van der Waals surface area contributed by atoms with Crippen LogP contribution in [-0.4, -0.2) is 36.0 Å². The Balaban J connectivity index is 1.89. The van der Waals surface area contributed by atoms with Gasteiger partial charge in [0.15, 0.2) is 6.61 Å². The van der Waals surface area contributed by atoms with Gasteiger partial charge in [0.1, 0.15) is 5.75 Å². The number of benzene rings is 2. The summed E-state index contributed by atoms with van der Waals surface area (Å²) in [6.07, 6.45) is -0.0180. The van der Waals surface area contributed by atoms with Crippen LogP contribution in [0, 0.1) is 0 Å². The molecular weight excluding hydrogens is 348 g/mol. The number of carbonyl (C=O) groups is 3. The van der Waals surface area contributed by atoms with Crippen LogP contribution in [0.5, 0.6) is 5.75 Å². The molecule has 0 aliphatic rings. The number of carbonyl (C=O) groups excluding carboxylic acids is 2. The minimum atomic E-state index is -1.06. The Hall–Kier alpha value is -3.35. The average molecular weight is 370 g/mol. The van der Waals surface area contributed by atoms with Crippen LogP contribution in [0.1, 0.15) is 28.4 Å². The standard InChI is InChI=1S/C20H22N2O5/c1-2-21-19(24)13-27-16-8-5-6-14(10-16)12-22-18(23)11-15-7-3-4-9-17(15)20(25)26/h3-10H,2,11-13H2,1H3,(H,21,24)(H,22,23)(H,25,26). The van der Waals surface area contributed by atoms with Crippen molar-refractivity contribution in [3.8, 4) is 5.75 Å². The van der Waals surface area contributed by atoms with Gasteiger partial charge in [0.2, 0.25) is 5.91 Å². The summed E-state index contributed by atoms with van der Waals surface area (Å²) < 4.78 is 5.42. The molecule has 142 valence electrons. The van der Waals surface area contributed by atoms with Crippen molar-refractivity contribution in [1.29, 1.82) is 0 Å². The Bertz CT molecular complexity index is 820. The van der Waals surface area contributed by atoms with Crippen LogP contribution >= 0.6 is 0 Å². The molecule has 0 saturated carbocycles. The van der Waals surface area contributed by atoms with Gasteiger partial charge in [-0.2, -0.15) is 0 Å².